The number of halogens is 5. The summed E-state index contributed by atoms with van der Waals surface area (Å²) in [6.45, 7) is 0.537. The van der Waals surface area contributed by atoms with Gasteiger partial charge in [0.05, 0.1) is 5.56 Å². The van der Waals surface area contributed by atoms with Gasteiger partial charge >= 0.3 is 6.18 Å². The third-order valence-corrected chi connectivity index (χ3v) is 3.59. The molecule has 0 aliphatic rings. The second-order valence-corrected chi connectivity index (χ2v) is 5.35. The van der Waals surface area contributed by atoms with Crippen molar-refractivity contribution in [1.29, 1.82) is 0 Å². The van der Waals surface area contributed by atoms with E-state index in [2.05, 4.69) is 21.2 Å². The summed E-state index contributed by atoms with van der Waals surface area (Å²) < 4.78 is 50.7. The van der Waals surface area contributed by atoms with E-state index >= 15 is 0 Å². The Morgan fingerprint density at radius 2 is 1.67 bits per heavy atom. The first-order valence-electron chi connectivity index (χ1n) is 6.21. The molecule has 2 rings (SSSR count). The largest absolute Gasteiger partial charge is 0.416 e. The Bertz CT molecular complexity index is 608. The zero-order valence-corrected chi connectivity index (χ0v) is 12.4. The lowest BCUT2D eigenvalue weighted by Crippen LogP contribution is -2.08. The molecule has 0 heterocycles. The van der Waals surface area contributed by atoms with Crippen LogP contribution in [-0.4, -0.2) is 6.54 Å². The van der Waals surface area contributed by atoms with Gasteiger partial charge in [0.1, 0.15) is 5.82 Å². The van der Waals surface area contributed by atoms with Crippen LogP contribution in [0, 0.1) is 5.82 Å². The summed E-state index contributed by atoms with van der Waals surface area (Å²) in [7, 11) is 0. The first-order valence-corrected chi connectivity index (χ1v) is 7.00. The number of benzene rings is 2. The van der Waals surface area contributed by atoms with E-state index in [0.29, 0.717) is 23.1 Å². The van der Waals surface area contributed by atoms with E-state index in [1.54, 1.807) is 12.1 Å². The van der Waals surface area contributed by atoms with Gasteiger partial charge in [-0.3, -0.25) is 0 Å². The van der Waals surface area contributed by atoms with Gasteiger partial charge in [-0.05, 0) is 58.2 Å². The normalized spacial score (nSPS) is 11.5. The molecular weight excluding hydrogens is 350 g/mol. The number of alkyl halides is 3. The standard InChI is InChI=1S/C15H12BrF4N/c16-13-9-11(15(18,19)20)3-6-14(13)21-8-7-10-1-4-12(17)5-2-10/h1-6,9,21H,7-8H2. The lowest BCUT2D eigenvalue weighted by Gasteiger charge is -2.12. The van der Waals surface area contributed by atoms with Crippen molar-refractivity contribution in [2.75, 3.05) is 11.9 Å². The van der Waals surface area contributed by atoms with Crippen LogP contribution >= 0.6 is 15.9 Å². The highest BCUT2D eigenvalue weighted by Crippen LogP contribution is 2.33. The Hall–Kier alpha value is -1.56. The highest BCUT2D eigenvalue weighted by atomic mass is 79.9. The van der Waals surface area contributed by atoms with E-state index < -0.39 is 11.7 Å². The summed E-state index contributed by atoms with van der Waals surface area (Å²) in [4.78, 5) is 0. The van der Waals surface area contributed by atoms with Gasteiger partial charge in [0.2, 0.25) is 0 Å². The van der Waals surface area contributed by atoms with Gasteiger partial charge in [-0.2, -0.15) is 13.2 Å². The van der Waals surface area contributed by atoms with Crippen molar-refractivity contribution < 1.29 is 17.6 Å². The molecule has 0 unspecified atom stereocenters. The first-order chi connectivity index (χ1) is 9.86. The lowest BCUT2D eigenvalue weighted by molar-refractivity contribution is -0.137. The molecule has 6 heteroatoms. The average Bonchev–Trinajstić information content (AvgIpc) is 2.41. The topological polar surface area (TPSA) is 12.0 Å². The summed E-state index contributed by atoms with van der Waals surface area (Å²) >= 11 is 3.12. The zero-order chi connectivity index (χ0) is 15.5. The van der Waals surface area contributed by atoms with Crippen molar-refractivity contribution in [1.82, 2.24) is 0 Å². The molecule has 0 atom stereocenters. The van der Waals surface area contributed by atoms with Crippen molar-refractivity contribution >= 4 is 21.6 Å². The number of nitrogens with one attached hydrogen (secondary N) is 1. The number of rotatable bonds is 4. The minimum Gasteiger partial charge on any atom is -0.384 e. The van der Waals surface area contributed by atoms with E-state index in [0.717, 1.165) is 17.7 Å². The molecule has 21 heavy (non-hydrogen) atoms. The van der Waals surface area contributed by atoms with E-state index in [1.165, 1.54) is 18.2 Å². The quantitative estimate of drug-likeness (QED) is 0.732. The van der Waals surface area contributed by atoms with Crippen LogP contribution in [0.5, 0.6) is 0 Å². The maximum absolute atomic E-state index is 12.7. The maximum Gasteiger partial charge on any atom is 0.416 e. The van der Waals surface area contributed by atoms with Gasteiger partial charge in [-0.1, -0.05) is 12.1 Å². The Labute approximate surface area is 128 Å². The molecule has 1 nitrogen and oxygen atoms in total. The van der Waals surface area contributed by atoms with Crippen LogP contribution in [0.4, 0.5) is 23.2 Å². The molecule has 0 aliphatic carbocycles. The van der Waals surface area contributed by atoms with E-state index in [4.69, 9.17) is 0 Å². The van der Waals surface area contributed by atoms with Crippen molar-refractivity contribution in [2.24, 2.45) is 0 Å². The minimum atomic E-state index is -4.35. The van der Waals surface area contributed by atoms with Crippen molar-refractivity contribution in [3.05, 3.63) is 63.9 Å². The minimum absolute atomic E-state index is 0.294. The fraction of sp³-hybridized carbons (Fsp3) is 0.200. The van der Waals surface area contributed by atoms with E-state index in [-0.39, 0.29) is 5.82 Å². The Morgan fingerprint density at radius 1 is 1.00 bits per heavy atom. The highest BCUT2D eigenvalue weighted by molar-refractivity contribution is 9.10. The first kappa shape index (κ1) is 15.8. The molecule has 0 amide bonds. The summed E-state index contributed by atoms with van der Waals surface area (Å²) in [5, 5.41) is 3.05. The Kier molecular flexibility index (Phi) is 4.88. The monoisotopic (exact) mass is 361 g/mol. The predicted octanol–water partition coefficient (Wildman–Crippen LogP) is 5.26. The number of anilines is 1. The molecule has 112 valence electrons. The molecule has 2 aromatic carbocycles. The fourth-order valence-corrected chi connectivity index (χ4v) is 2.35. The molecule has 2 aromatic rings. The fourth-order valence-electron chi connectivity index (χ4n) is 1.83. The van der Waals surface area contributed by atoms with E-state index in [1.807, 2.05) is 0 Å². The van der Waals surface area contributed by atoms with Crippen molar-refractivity contribution in [2.45, 2.75) is 12.6 Å². The second kappa shape index (κ2) is 6.47. The van der Waals surface area contributed by atoms with Crippen LogP contribution in [0.2, 0.25) is 0 Å². The molecule has 0 radical (unpaired) electrons. The van der Waals surface area contributed by atoms with Gasteiger partial charge in [0.15, 0.2) is 0 Å². The Balaban J connectivity index is 1.96. The molecule has 0 saturated carbocycles. The molecule has 0 bridgehead atoms. The van der Waals surface area contributed by atoms with Gasteiger partial charge in [-0.25, -0.2) is 4.39 Å². The molecular formula is C15H12BrF4N. The van der Waals surface area contributed by atoms with Crippen LogP contribution in [0.15, 0.2) is 46.9 Å². The van der Waals surface area contributed by atoms with Gasteiger partial charge in [0.25, 0.3) is 0 Å². The van der Waals surface area contributed by atoms with Crippen LogP contribution < -0.4 is 5.32 Å². The van der Waals surface area contributed by atoms with Crippen LogP contribution in [0.1, 0.15) is 11.1 Å². The molecule has 0 aromatic heterocycles. The highest BCUT2D eigenvalue weighted by Gasteiger charge is 2.30. The summed E-state index contributed by atoms with van der Waals surface area (Å²) in [5.74, 6) is -0.294. The summed E-state index contributed by atoms with van der Waals surface area (Å²) in [6.07, 6.45) is -3.71. The summed E-state index contributed by atoms with van der Waals surface area (Å²) in [6, 6.07) is 9.58. The molecule has 0 aliphatic heterocycles. The van der Waals surface area contributed by atoms with Crippen LogP contribution in [0.3, 0.4) is 0 Å². The lowest BCUT2D eigenvalue weighted by atomic mass is 10.1. The van der Waals surface area contributed by atoms with Crippen LogP contribution in [0.25, 0.3) is 0 Å². The van der Waals surface area contributed by atoms with Crippen molar-refractivity contribution in [3.63, 3.8) is 0 Å². The third kappa shape index (κ3) is 4.46. The van der Waals surface area contributed by atoms with Gasteiger partial charge < -0.3 is 5.32 Å². The SMILES string of the molecule is Fc1ccc(CCNc2ccc(C(F)(F)F)cc2Br)cc1. The maximum atomic E-state index is 12.7. The van der Waals surface area contributed by atoms with Gasteiger partial charge in [0, 0.05) is 16.7 Å². The number of hydrogen-bond acceptors (Lipinski definition) is 1. The second-order valence-electron chi connectivity index (χ2n) is 4.50. The third-order valence-electron chi connectivity index (χ3n) is 2.94. The molecule has 0 fully saturated rings. The van der Waals surface area contributed by atoms with Crippen molar-refractivity contribution in [3.8, 4) is 0 Å². The molecule has 0 spiro atoms. The Morgan fingerprint density at radius 3 is 2.24 bits per heavy atom. The molecule has 0 saturated heterocycles. The smallest absolute Gasteiger partial charge is 0.384 e. The van der Waals surface area contributed by atoms with Crippen LogP contribution in [-0.2, 0) is 12.6 Å². The number of hydrogen-bond donors (Lipinski definition) is 1. The summed E-state index contributed by atoms with van der Waals surface area (Å²) in [5.41, 5.74) is 0.843. The van der Waals surface area contributed by atoms with E-state index in [9.17, 15) is 17.6 Å². The average molecular weight is 362 g/mol. The predicted molar refractivity (Wildman–Crippen MR) is 77.7 cm³/mol. The molecule has 1 N–H and O–H groups in total. The zero-order valence-electron chi connectivity index (χ0n) is 10.8. The van der Waals surface area contributed by atoms with Gasteiger partial charge in [-0.15, -0.1) is 0 Å².